The van der Waals surface area contributed by atoms with Crippen molar-refractivity contribution < 1.29 is 4.79 Å². The van der Waals surface area contributed by atoms with E-state index in [1.54, 1.807) is 6.92 Å². The molecule has 0 unspecified atom stereocenters. The quantitative estimate of drug-likeness (QED) is 0.481. The number of nitrogens with two attached hydrogens (primary N) is 2. The van der Waals surface area contributed by atoms with E-state index in [4.69, 9.17) is 11.5 Å². The molecule has 1 aromatic rings. The van der Waals surface area contributed by atoms with Gasteiger partial charge in [0.1, 0.15) is 0 Å². The van der Waals surface area contributed by atoms with Gasteiger partial charge in [-0.1, -0.05) is 31.2 Å². The van der Waals surface area contributed by atoms with Crippen molar-refractivity contribution in [1.29, 1.82) is 0 Å². The molecule has 0 fully saturated rings. The lowest BCUT2D eigenvalue weighted by molar-refractivity contribution is 0.101. The third kappa shape index (κ3) is 10.2. The van der Waals surface area contributed by atoms with Gasteiger partial charge in [-0.3, -0.25) is 4.79 Å². The number of carbonyl (C=O) groups is 1. The highest BCUT2D eigenvalue weighted by Crippen LogP contribution is 2.09. The van der Waals surface area contributed by atoms with Gasteiger partial charge in [-0.25, -0.2) is 0 Å². The van der Waals surface area contributed by atoms with Crippen LogP contribution in [0.2, 0.25) is 0 Å². The fourth-order valence-corrected chi connectivity index (χ4v) is 1.92. The first-order chi connectivity index (χ1) is 10.2. The maximum absolute atomic E-state index is 11.0. The number of nitrogens with one attached hydrogen (secondary N) is 1. The van der Waals surface area contributed by atoms with E-state index in [1.807, 2.05) is 24.3 Å². The molecule has 5 N–H and O–H groups in total. The topological polar surface area (TPSA) is 81.1 Å². The normalized spacial score (nSPS) is 9.90. The van der Waals surface area contributed by atoms with Gasteiger partial charge in [0.05, 0.1) is 0 Å². The number of aryl methyl sites for hydroxylation is 1. The van der Waals surface area contributed by atoms with Crippen molar-refractivity contribution in [1.82, 2.24) is 5.32 Å². The second-order valence-electron chi connectivity index (χ2n) is 4.95. The molecule has 4 heteroatoms. The molecule has 21 heavy (non-hydrogen) atoms. The Morgan fingerprint density at radius 2 is 1.67 bits per heavy atom. The second-order valence-corrected chi connectivity index (χ2v) is 4.95. The molecule has 0 radical (unpaired) electrons. The third-order valence-electron chi connectivity index (χ3n) is 3.14. The minimum absolute atomic E-state index is 0.155. The SMILES string of the molecule is CCc1ccccc1C(C)=O.NCCCCNCCCN. The van der Waals surface area contributed by atoms with E-state index in [9.17, 15) is 4.79 Å². The number of carbonyl (C=O) groups excluding carboxylic acids is 1. The van der Waals surface area contributed by atoms with E-state index in [2.05, 4.69) is 12.2 Å². The van der Waals surface area contributed by atoms with E-state index in [-0.39, 0.29) is 5.78 Å². The molecule has 0 heterocycles. The molecular weight excluding hydrogens is 262 g/mol. The first-order valence-corrected chi connectivity index (χ1v) is 7.87. The molecule has 0 atom stereocenters. The summed E-state index contributed by atoms with van der Waals surface area (Å²) in [5, 5.41) is 3.29. The molecule has 0 aromatic heterocycles. The van der Waals surface area contributed by atoms with Crippen LogP contribution in [0, 0.1) is 0 Å². The molecule has 1 rings (SSSR count). The largest absolute Gasteiger partial charge is 0.330 e. The van der Waals surface area contributed by atoms with Crippen LogP contribution in [-0.2, 0) is 6.42 Å². The lowest BCUT2D eigenvalue weighted by Crippen LogP contribution is -2.19. The third-order valence-corrected chi connectivity index (χ3v) is 3.14. The summed E-state index contributed by atoms with van der Waals surface area (Å²) in [6, 6.07) is 7.74. The lowest BCUT2D eigenvalue weighted by atomic mass is 10.0. The summed E-state index contributed by atoms with van der Waals surface area (Å²) >= 11 is 0. The summed E-state index contributed by atoms with van der Waals surface area (Å²) in [7, 11) is 0. The smallest absolute Gasteiger partial charge is 0.160 e. The van der Waals surface area contributed by atoms with Crippen LogP contribution < -0.4 is 16.8 Å². The Bertz CT molecular complexity index is 372. The Hall–Kier alpha value is -1.23. The molecule has 0 saturated carbocycles. The highest BCUT2D eigenvalue weighted by Gasteiger charge is 2.02. The van der Waals surface area contributed by atoms with Gasteiger partial charge in [0, 0.05) is 5.56 Å². The van der Waals surface area contributed by atoms with Gasteiger partial charge >= 0.3 is 0 Å². The number of hydrogen-bond acceptors (Lipinski definition) is 4. The molecule has 1 aromatic carbocycles. The fourth-order valence-electron chi connectivity index (χ4n) is 1.92. The predicted octanol–water partition coefficient (Wildman–Crippen LogP) is 2.12. The van der Waals surface area contributed by atoms with E-state index in [0.29, 0.717) is 0 Å². The van der Waals surface area contributed by atoms with Crippen LogP contribution in [0.5, 0.6) is 0 Å². The Balaban J connectivity index is 0.000000384. The molecule has 0 amide bonds. The van der Waals surface area contributed by atoms with Crippen LogP contribution in [0.25, 0.3) is 0 Å². The molecule has 0 spiro atoms. The van der Waals surface area contributed by atoms with Crippen molar-refractivity contribution >= 4 is 5.78 Å². The Labute approximate surface area is 129 Å². The summed E-state index contributed by atoms with van der Waals surface area (Å²) in [6.45, 7) is 7.37. The number of unbranched alkanes of at least 4 members (excludes halogenated alkanes) is 1. The Morgan fingerprint density at radius 3 is 2.19 bits per heavy atom. The molecule has 120 valence electrons. The second kappa shape index (κ2) is 13.7. The minimum Gasteiger partial charge on any atom is -0.330 e. The average Bonchev–Trinajstić information content (AvgIpc) is 2.51. The van der Waals surface area contributed by atoms with Gasteiger partial charge in [-0.05, 0) is 64.3 Å². The van der Waals surface area contributed by atoms with Gasteiger partial charge in [0.25, 0.3) is 0 Å². The number of rotatable bonds is 9. The van der Waals surface area contributed by atoms with Crippen molar-refractivity contribution in [2.75, 3.05) is 26.2 Å². The monoisotopic (exact) mass is 293 g/mol. The number of benzene rings is 1. The lowest BCUT2D eigenvalue weighted by Gasteiger charge is -2.01. The van der Waals surface area contributed by atoms with Crippen LogP contribution in [0.3, 0.4) is 0 Å². The number of Topliss-reactive ketones (excluding diaryl/α,β-unsaturated/α-hetero) is 1. The summed E-state index contributed by atoms with van der Waals surface area (Å²) in [4.78, 5) is 11.0. The summed E-state index contributed by atoms with van der Waals surface area (Å²) in [6.07, 6.45) is 4.30. The predicted molar refractivity (Wildman–Crippen MR) is 90.7 cm³/mol. The van der Waals surface area contributed by atoms with Gasteiger partial charge in [0.2, 0.25) is 0 Å². The van der Waals surface area contributed by atoms with E-state index >= 15 is 0 Å². The zero-order valence-corrected chi connectivity index (χ0v) is 13.5. The molecule has 0 aliphatic heterocycles. The summed E-state index contributed by atoms with van der Waals surface area (Å²) in [5.41, 5.74) is 12.6. The van der Waals surface area contributed by atoms with Gasteiger partial charge in [-0.15, -0.1) is 0 Å². The number of ketones is 1. The highest BCUT2D eigenvalue weighted by atomic mass is 16.1. The standard InChI is InChI=1S/C10H12O.C7H19N3/c1-3-9-6-4-5-7-10(9)8(2)11;8-4-1-2-6-10-7-3-5-9/h4-7H,3H2,1-2H3;10H,1-9H2. The van der Waals surface area contributed by atoms with Crippen molar-refractivity contribution in [2.24, 2.45) is 11.5 Å². The fraction of sp³-hybridized carbons (Fsp3) is 0.588. The number of hydrogen-bond donors (Lipinski definition) is 3. The summed E-state index contributed by atoms with van der Waals surface area (Å²) < 4.78 is 0. The molecule has 0 aliphatic carbocycles. The van der Waals surface area contributed by atoms with Crippen molar-refractivity contribution in [3.8, 4) is 0 Å². The maximum atomic E-state index is 11.0. The Morgan fingerprint density at radius 1 is 1.05 bits per heavy atom. The maximum Gasteiger partial charge on any atom is 0.160 e. The van der Waals surface area contributed by atoms with E-state index < -0.39 is 0 Å². The zero-order valence-electron chi connectivity index (χ0n) is 13.5. The van der Waals surface area contributed by atoms with Crippen LogP contribution >= 0.6 is 0 Å². The highest BCUT2D eigenvalue weighted by molar-refractivity contribution is 5.95. The molecule has 4 nitrogen and oxygen atoms in total. The first kappa shape index (κ1) is 19.8. The van der Waals surface area contributed by atoms with Crippen molar-refractivity contribution in [3.05, 3.63) is 35.4 Å². The molecule has 0 bridgehead atoms. The van der Waals surface area contributed by atoms with E-state index in [0.717, 1.165) is 56.6 Å². The first-order valence-electron chi connectivity index (χ1n) is 7.87. The van der Waals surface area contributed by atoms with Crippen LogP contribution in [0.15, 0.2) is 24.3 Å². The van der Waals surface area contributed by atoms with Gasteiger partial charge < -0.3 is 16.8 Å². The van der Waals surface area contributed by atoms with Crippen molar-refractivity contribution in [3.63, 3.8) is 0 Å². The minimum atomic E-state index is 0.155. The van der Waals surface area contributed by atoms with Crippen molar-refractivity contribution in [2.45, 2.75) is 39.5 Å². The van der Waals surface area contributed by atoms with Crippen LogP contribution in [0.4, 0.5) is 0 Å². The van der Waals surface area contributed by atoms with Gasteiger partial charge in [-0.2, -0.15) is 0 Å². The average molecular weight is 293 g/mol. The van der Waals surface area contributed by atoms with Crippen LogP contribution in [-0.4, -0.2) is 32.0 Å². The van der Waals surface area contributed by atoms with Crippen LogP contribution in [0.1, 0.15) is 49.0 Å². The molecule has 0 aliphatic rings. The summed E-state index contributed by atoms with van der Waals surface area (Å²) in [5.74, 6) is 0.155. The zero-order chi connectivity index (χ0) is 15.9. The van der Waals surface area contributed by atoms with Gasteiger partial charge in [0.15, 0.2) is 5.78 Å². The molecular formula is C17H31N3O. The Kier molecular flexibility index (Phi) is 12.9. The van der Waals surface area contributed by atoms with E-state index in [1.165, 1.54) is 6.42 Å². The molecule has 0 saturated heterocycles.